The number of piperazine rings is 1. The summed E-state index contributed by atoms with van der Waals surface area (Å²) >= 11 is 0. The molecule has 1 saturated heterocycles. The topological polar surface area (TPSA) is 54.6 Å². The summed E-state index contributed by atoms with van der Waals surface area (Å²) < 4.78 is 1.83. The second kappa shape index (κ2) is 6.52. The molecule has 0 atom stereocenters. The highest BCUT2D eigenvalue weighted by Crippen LogP contribution is 2.17. The number of quaternary nitrogens is 1. The smallest absolute Gasteiger partial charge is 0.269 e. The second-order valence-electron chi connectivity index (χ2n) is 6.18. The highest BCUT2D eigenvalue weighted by Gasteiger charge is 2.23. The van der Waals surface area contributed by atoms with Gasteiger partial charge in [-0.3, -0.25) is 10.2 Å². The molecule has 0 spiro atoms. The molecule has 2 N–H and O–H groups in total. The molecule has 0 bridgehead atoms. The Morgan fingerprint density at radius 1 is 1.17 bits per heavy atom. The highest BCUT2D eigenvalue weighted by atomic mass is 16.2. The fraction of sp³-hybridized carbons (Fsp3) is 0.412. The zero-order valence-electron chi connectivity index (χ0n) is 14.0. The molecule has 0 aliphatic carbocycles. The van der Waals surface area contributed by atoms with E-state index >= 15 is 0 Å². The number of nitrogens with one attached hydrogen (secondary N) is 2. The van der Waals surface area contributed by atoms with E-state index in [1.165, 1.54) is 4.90 Å². The minimum absolute atomic E-state index is 0.0678. The van der Waals surface area contributed by atoms with E-state index in [2.05, 4.69) is 17.6 Å². The van der Waals surface area contributed by atoms with E-state index in [-0.39, 0.29) is 5.91 Å². The maximum absolute atomic E-state index is 12.7. The van der Waals surface area contributed by atoms with Crippen LogP contribution in [0.4, 0.5) is 0 Å². The molecule has 0 saturated carbocycles. The van der Waals surface area contributed by atoms with Crippen LogP contribution in [0.1, 0.15) is 21.7 Å². The number of hydrogen-bond acceptors (Lipinski definition) is 3. The van der Waals surface area contributed by atoms with Crippen LogP contribution in [0, 0.1) is 13.8 Å². The number of aryl methyl sites for hydroxylation is 1. The largest absolute Gasteiger partial charge is 0.335 e. The SMILES string of the molecule is Cc1nn(-c2ccccc2)c(C)c1C(=O)NN1CC[NH+](C)CC1. The van der Waals surface area contributed by atoms with Crippen LogP contribution in [0.5, 0.6) is 0 Å². The minimum Gasteiger partial charge on any atom is -0.335 e. The highest BCUT2D eigenvalue weighted by molar-refractivity contribution is 5.96. The number of aromatic nitrogens is 2. The average Bonchev–Trinajstić information content (AvgIpc) is 2.85. The fourth-order valence-electron chi connectivity index (χ4n) is 2.99. The van der Waals surface area contributed by atoms with E-state index < -0.39 is 0 Å². The van der Waals surface area contributed by atoms with Crippen molar-refractivity contribution in [3.8, 4) is 5.69 Å². The molecule has 0 radical (unpaired) electrons. The summed E-state index contributed by atoms with van der Waals surface area (Å²) in [6.45, 7) is 7.67. The lowest BCUT2D eigenvalue weighted by Gasteiger charge is -2.30. The van der Waals surface area contributed by atoms with Gasteiger partial charge in [0.15, 0.2) is 0 Å². The van der Waals surface area contributed by atoms with Gasteiger partial charge in [-0.25, -0.2) is 9.69 Å². The number of carbonyl (C=O) groups excluding carboxylic acids is 1. The summed E-state index contributed by atoms with van der Waals surface area (Å²) in [5, 5.41) is 6.55. The number of rotatable bonds is 3. The molecule has 2 heterocycles. The maximum Gasteiger partial charge on any atom is 0.269 e. The van der Waals surface area contributed by atoms with E-state index in [9.17, 15) is 4.79 Å². The first-order valence-corrected chi connectivity index (χ1v) is 8.05. The Bertz CT molecular complexity index is 687. The number of hydrazine groups is 1. The van der Waals surface area contributed by atoms with Gasteiger partial charge in [-0.2, -0.15) is 5.10 Å². The minimum atomic E-state index is -0.0678. The quantitative estimate of drug-likeness (QED) is 0.836. The molecular formula is C17H24N5O+. The first-order valence-electron chi connectivity index (χ1n) is 8.05. The standard InChI is InChI=1S/C17H23N5O/c1-13-16(17(23)19-21-11-9-20(3)10-12-21)14(2)22(18-13)15-7-5-4-6-8-15/h4-8H,9-12H2,1-3H3,(H,19,23)/p+1. The Labute approximate surface area is 136 Å². The van der Waals surface area contributed by atoms with Crippen LogP contribution in [0.2, 0.25) is 0 Å². The number of nitrogens with zero attached hydrogens (tertiary/aromatic N) is 3. The molecule has 3 rings (SSSR count). The molecule has 1 aliphatic heterocycles. The Morgan fingerprint density at radius 3 is 2.48 bits per heavy atom. The molecule has 1 aromatic carbocycles. The molecule has 23 heavy (non-hydrogen) atoms. The van der Waals surface area contributed by atoms with Gasteiger partial charge in [-0.15, -0.1) is 0 Å². The zero-order chi connectivity index (χ0) is 16.4. The summed E-state index contributed by atoms with van der Waals surface area (Å²) in [7, 11) is 2.18. The Kier molecular flexibility index (Phi) is 4.45. The monoisotopic (exact) mass is 314 g/mol. The van der Waals surface area contributed by atoms with Gasteiger partial charge in [0.05, 0.1) is 55.9 Å². The van der Waals surface area contributed by atoms with Gasteiger partial charge < -0.3 is 4.90 Å². The number of benzene rings is 1. The zero-order valence-corrected chi connectivity index (χ0v) is 14.0. The number of carbonyl (C=O) groups is 1. The van der Waals surface area contributed by atoms with Gasteiger partial charge in [0, 0.05) is 0 Å². The molecule has 1 amide bonds. The van der Waals surface area contributed by atoms with E-state index in [4.69, 9.17) is 0 Å². The van der Waals surface area contributed by atoms with Crippen LogP contribution in [-0.4, -0.2) is 53.9 Å². The summed E-state index contributed by atoms with van der Waals surface area (Å²) in [5.74, 6) is -0.0678. The number of amides is 1. The van der Waals surface area contributed by atoms with Crippen LogP contribution in [0.15, 0.2) is 30.3 Å². The van der Waals surface area contributed by atoms with E-state index in [1.807, 2.05) is 53.9 Å². The van der Waals surface area contributed by atoms with Gasteiger partial charge in [-0.1, -0.05) is 18.2 Å². The maximum atomic E-state index is 12.7. The molecule has 1 aromatic heterocycles. The number of likely N-dealkylation sites (N-methyl/N-ethyl adjacent to an activating group) is 1. The normalized spacial score (nSPS) is 16.5. The van der Waals surface area contributed by atoms with Crippen LogP contribution in [0.3, 0.4) is 0 Å². The summed E-state index contributed by atoms with van der Waals surface area (Å²) in [6, 6.07) is 9.89. The van der Waals surface area contributed by atoms with Gasteiger partial charge >= 0.3 is 0 Å². The van der Waals surface area contributed by atoms with Crippen molar-refractivity contribution in [1.82, 2.24) is 20.2 Å². The van der Waals surface area contributed by atoms with Crippen molar-refractivity contribution >= 4 is 5.91 Å². The summed E-state index contributed by atoms with van der Waals surface area (Å²) in [4.78, 5) is 14.2. The van der Waals surface area contributed by atoms with Crippen LogP contribution in [0.25, 0.3) is 5.69 Å². The third-order valence-electron chi connectivity index (χ3n) is 4.40. The van der Waals surface area contributed by atoms with E-state index in [1.54, 1.807) is 0 Å². The van der Waals surface area contributed by atoms with E-state index in [0.717, 1.165) is 43.3 Å². The van der Waals surface area contributed by atoms with Crippen molar-refractivity contribution in [3.63, 3.8) is 0 Å². The number of para-hydroxylation sites is 1. The van der Waals surface area contributed by atoms with Gasteiger partial charge in [0.2, 0.25) is 0 Å². The van der Waals surface area contributed by atoms with Gasteiger partial charge in [-0.05, 0) is 26.0 Å². The third kappa shape index (κ3) is 3.28. The summed E-state index contributed by atoms with van der Waals surface area (Å²) in [6.07, 6.45) is 0. The molecule has 122 valence electrons. The first-order chi connectivity index (χ1) is 11.1. The molecule has 1 fully saturated rings. The van der Waals surface area contributed by atoms with Crippen molar-refractivity contribution in [1.29, 1.82) is 0 Å². The predicted molar refractivity (Wildman–Crippen MR) is 88.7 cm³/mol. The third-order valence-corrected chi connectivity index (χ3v) is 4.40. The molecule has 6 heteroatoms. The Morgan fingerprint density at radius 2 is 1.83 bits per heavy atom. The molecule has 2 aromatic rings. The molecule has 1 aliphatic rings. The van der Waals surface area contributed by atoms with Crippen LogP contribution < -0.4 is 10.3 Å². The van der Waals surface area contributed by atoms with Gasteiger partial charge in [0.25, 0.3) is 5.91 Å². The Balaban J connectivity index is 1.80. The Hall–Kier alpha value is -2.18. The van der Waals surface area contributed by atoms with Crippen molar-refractivity contribution in [2.24, 2.45) is 0 Å². The lowest BCUT2D eigenvalue weighted by atomic mass is 10.2. The summed E-state index contributed by atoms with van der Waals surface area (Å²) in [5.41, 5.74) is 6.28. The van der Waals surface area contributed by atoms with Crippen molar-refractivity contribution < 1.29 is 9.69 Å². The second-order valence-corrected chi connectivity index (χ2v) is 6.18. The van der Waals surface area contributed by atoms with Crippen LogP contribution in [-0.2, 0) is 0 Å². The van der Waals surface area contributed by atoms with E-state index in [0.29, 0.717) is 5.56 Å². The van der Waals surface area contributed by atoms with Crippen molar-refractivity contribution in [3.05, 3.63) is 47.3 Å². The first kappa shape index (κ1) is 15.7. The van der Waals surface area contributed by atoms with Gasteiger partial charge in [0.1, 0.15) is 0 Å². The lowest BCUT2D eigenvalue weighted by Crippen LogP contribution is -3.12. The average molecular weight is 314 g/mol. The molecule has 6 nitrogen and oxygen atoms in total. The van der Waals surface area contributed by atoms with Crippen LogP contribution >= 0.6 is 0 Å². The number of hydrogen-bond donors (Lipinski definition) is 2. The lowest BCUT2D eigenvalue weighted by molar-refractivity contribution is -0.884. The molecule has 0 unspecified atom stereocenters. The fourth-order valence-corrected chi connectivity index (χ4v) is 2.99. The molecular weight excluding hydrogens is 290 g/mol. The van der Waals surface area contributed by atoms with Crippen molar-refractivity contribution in [2.75, 3.05) is 33.2 Å². The van der Waals surface area contributed by atoms with Crippen molar-refractivity contribution in [2.45, 2.75) is 13.8 Å². The predicted octanol–water partition coefficient (Wildman–Crippen LogP) is -0.0358.